The Bertz CT molecular complexity index is 494. The smallest absolute Gasteiger partial charge is 0.320 e. The third-order valence-corrected chi connectivity index (χ3v) is 4.30. The Morgan fingerprint density at radius 1 is 1.45 bits per heavy atom. The summed E-state index contributed by atoms with van der Waals surface area (Å²) in [5.74, 6) is 1.28. The maximum absolute atomic E-state index is 12.0. The van der Waals surface area contributed by atoms with Crippen LogP contribution in [0.4, 0.5) is 10.6 Å². The van der Waals surface area contributed by atoms with Crippen molar-refractivity contribution in [3.63, 3.8) is 0 Å². The zero-order chi connectivity index (χ0) is 16.2. The lowest BCUT2D eigenvalue weighted by atomic mass is 9.78. The summed E-state index contributed by atoms with van der Waals surface area (Å²) >= 11 is 0. The number of hydrogen-bond acceptors (Lipinski definition) is 3. The van der Waals surface area contributed by atoms with Crippen molar-refractivity contribution in [2.45, 2.75) is 64.5 Å². The van der Waals surface area contributed by atoms with E-state index in [9.17, 15) is 9.90 Å². The van der Waals surface area contributed by atoms with Crippen LogP contribution in [0.3, 0.4) is 0 Å². The van der Waals surface area contributed by atoms with Crippen LogP contribution in [0.1, 0.15) is 58.9 Å². The van der Waals surface area contributed by atoms with Crippen molar-refractivity contribution >= 4 is 11.8 Å². The Kier molecular flexibility index (Phi) is 5.45. The molecule has 3 N–H and O–H groups in total. The van der Waals surface area contributed by atoms with E-state index in [-0.39, 0.29) is 12.1 Å². The zero-order valence-corrected chi connectivity index (χ0v) is 13.8. The van der Waals surface area contributed by atoms with Crippen LogP contribution in [-0.4, -0.2) is 33.1 Å². The molecule has 1 aromatic rings. The lowest BCUT2D eigenvalue weighted by molar-refractivity contribution is -0.0388. The predicted octanol–water partition coefficient (Wildman–Crippen LogP) is 2.92. The third-order valence-electron chi connectivity index (χ3n) is 4.30. The highest BCUT2D eigenvalue weighted by Gasteiger charge is 2.33. The largest absolute Gasteiger partial charge is 0.390 e. The topological polar surface area (TPSA) is 79.2 Å². The molecule has 2 amide bonds. The first kappa shape index (κ1) is 16.8. The van der Waals surface area contributed by atoms with E-state index in [1.165, 1.54) is 0 Å². The summed E-state index contributed by atoms with van der Waals surface area (Å²) < 4.78 is 1.85. The van der Waals surface area contributed by atoms with Gasteiger partial charge >= 0.3 is 6.03 Å². The van der Waals surface area contributed by atoms with Gasteiger partial charge in [-0.3, -0.25) is 5.32 Å². The van der Waals surface area contributed by atoms with Crippen LogP contribution >= 0.6 is 0 Å². The first-order valence-electron chi connectivity index (χ1n) is 8.20. The molecule has 0 aromatic carbocycles. The minimum absolute atomic E-state index is 0.237. The van der Waals surface area contributed by atoms with Gasteiger partial charge in [0.25, 0.3) is 0 Å². The Morgan fingerprint density at radius 2 is 2.18 bits per heavy atom. The first-order chi connectivity index (χ1) is 10.4. The van der Waals surface area contributed by atoms with Gasteiger partial charge in [-0.2, -0.15) is 5.10 Å². The van der Waals surface area contributed by atoms with Crippen molar-refractivity contribution < 1.29 is 9.90 Å². The molecule has 0 saturated heterocycles. The average molecular weight is 308 g/mol. The van der Waals surface area contributed by atoms with Crippen LogP contribution in [0.25, 0.3) is 0 Å². The number of aliphatic hydroxyl groups is 1. The van der Waals surface area contributed by atoms with Crippen LogP contribution in [0, 0.1) is 5.92 Å². The molecule has 1 heterocycles. The van der Waals surface area contributed by atoms with E-state index in [0.717, 1.165) is 25.7 Å². The molecule has 0 aliphatic heterocycles. The van der Waals surface area contributed by atoms with Crippen molar-refractivity contribution in [3.05, 3.63) is 12.3 Å². The second-order valence-electron chi connectivity index (χ2n) is 6.85. The molecule has 1 atom stereocenters. The minimum atomic E-state index is -0.555. The molecule has 1 fully saturated rings. The highest BCUT2D eigenvalue weighted by atomic mass is 16.3. The molecule has 0 radical (unpaired) electrons. The van der Waals surface area contributed by atoms with Crippen molar-refractivity contribution in [2.75, 3.05) is 11.9 Å². The quantitative estimate of drug-likeness (QED) is 0.724. The van der Waals surface area contributed by atoms with Crippen LogP contribution in [0.15, 0.2) is 12.3 Å². The number of rotatable bonds is 7. The highest BCUT2D eigenvalue weighted by Crippen LogP contribution is 2.34. The summed E-state index contributed by atoms with van der Waals surface area (Å²) in [5, 5.41) is 19.9. The van der Waals surface area contributed by atoms with Gasteiger partial charge in [0.15, 0.2) is 0 Å². The lowest BCUT2D eigenvalue weighted by Gasteiger charge is -2.36. The number of aromatic nitrogens is 2. The molecular weight excluding hydrogens is 280 g/mol. The average Bonchev–Trinajstić information content (AvgIpc) is 2.84. The molecular formula is C16H28N4O2. The number of carbonyl (C=O) groups is 1. The van der Waals surface area contributed by atoms with Crippen LogP contribution in [0.2, 0.25) is 0 Å². The number of nitrogens with zero attached hydrogens (tertiary/aromatic N) is 2. The second-order valence-corrected chi connectivity index (χ2v) is 6.85. The van der Waals surface area contributed by atoms with Gasteiger partial charge in [0, 0.05) is 12.6 Å². The number of urea groups is 1. The fraction of sp³-hybridized carbons (Fsp3) is 0.750. The zero-order valence-electron chi connectivity index (χ0n) is 13.8. The molecule has 124 valence electrons. The molecule has 2 rings (SSSR count). The Hall–Kier alpha value is -1.56. The van der Waals surface area contributed by atoms with Gasteiger partial charge in [-0.1, -0.05) is 13.8 Å². The fourth-order valence-corrected chi connectivity index (χ4v) is 2.95. The van der Waals surface area contributed by atoms with E-state index in [2.05, 4.69) is 36.5 Å². The van der Waals surface area contributed by atoms with Gasteiger partial charge in [-0.05, 0) is 44.9 Å². The van der Waals surface area contributed by atoms with E-state index in [1.54, 1.807) is 12.3 Å². The number of hydrogen-bond donors (Lipinski definition) is 3. The van der Waals surface area contributed by atoms with E-state index >= 15 is 0 Å². The van der Waals surface area contributed by atoms with Gasteiger partial charge in [0.05, 0.1) is 17.8 Å². The van der Waals surface area contributed by atoms with Crippen molar-refractivity contribution in [1.82, 2.24) is 15.1 Å². The van der Waals surface area contributed by atoms with Gasteiger partial charge in [0.2, 0.25) is 0 Å². The molecule has 6 heteroatoms. The Balaban J connectivity index is 1.80. The molecule has 0 bridgehead atoms. The third kappa shape index (κ3) is 4.47. The standard InChI is InChI=1S/C16H28N4O2/c1-12(2)11-13(3)20-14(5-9-18-20)19-15(21)17-10-8-16(22)6-4-7-16/h5,9,12-13,22H,4,6-8,10-11H2,1-3H3,(H2,17,19,21). The monoisotopic (exact) mass is 308 g/mol. The van der Waals surface area contributed by atoms with E-state index in [4.69, 9.17) is 0 Å². The van der Waals surface area contributed by atoms with Gasteiger partial charge in [-0.15, -0.1) is 0 Å². The maximum Gasteiger partial charge on any atom is 0.320 e. The fourth-order valence-electron chi connectivity index (χ4n) is 2.95. The Morgan fingerprint density at radius 3 is 2.77 bits per heavy atom. The molecule has 1 saturated carbocycles. The van der Waals surface area contributed by atoms with E-state index in [0.29, 0.717) is 24.7 Å². The summed E-state index contributed by atoms with van der Waals surface area (Å²) in [4.78, 5) is 12.0. The number of carbonyl (C=O) groups excluding carboxylic acids is 1. The molecule has 1 unspecified atom stereocenters. The molecule has 0 spiro atoms. The maximum atomic E-state index is 12.0. The molecule has 22 heavy (non-hydrogen) atoms. The van der Waals surface area contributed by atoms with Crippen molar-refractivity contribution in [3.8, 4) is 0 Å². The molecule has 1 aliphatic carbocycles. The normalized spacial score (nSPS) is 17.9. The lowest BCUT2D eigenvalue weighted by Crippen LogP contribution is -2.41. The number of anilines is 1. The van der Waals surface area contributed by atoms with E-state index in [1.807, 2.05) is 4.68 Å². The number of nitrogens with one attached hydrogen (secondary N) is 2. The number of amides is 2. The van der Waals surface area contributed by atoms with Crippen LogP contribution < -0.4 is 10.6 Å². The van der Waals surface area contributed by atoms with Gasteiger partial charge < -0.3 is 10.4 Å². The second kappa shape index (κ2) is 7.13. The van der Waals surface area contributed by atoms with Crippen molar-refractivity contribution in [1.29, 1.82) is 0 Å². The van der Waals surface area contributed by atoms with E-state index < -0.39 is 5.60 Å². The first-order valence-corrected chi connectivity index (χ1v) is 8.20. The summed E-state index contributed by atoms with van der Waals surface area (Å²) in [5.41, 5.74) is -0.555. The molecule has 1 aromatic heterocycles. The summed E-state index contributed by atoms with van der Waals surface area (Å²) in [6.07, 6.45) is 6.08. The molecule has 6 nitrogen and oxygen atoms in total. The molecule has 1 aliphatic rings. The van der Waals surface area contributed by atoms with Crippen LogP contribution in [0.5, 0.6) is 0 Å². The summed E-state index contributed by atoms with van der Waals surface area (Å²) in [6.45, 7) is 6.93. The SMILES string of the molecule is CC(C)CC(C)n1nccc1NC(=O)NCCC1(O)CCC1. The summed E-state index contributed by atoms with van der Waals surface area (Å²) in [6, 6.07) is 1.79. The highest BCUT2D eigenvalue weighted by molar-refractivity contribution is 5.88. The van der Waals surface area contributed by atoms with Crippen molar-refractivity contribution in [2.24, 2.45) is 5.92 Å². The predicted molar refractivity (Wildman–Crippen MR) is 86.8 cm³/mol. The minimum Gasteiger partial charge on any atom is -0.390 e. The van der Waals surface area contributed by atoms with Gasteiger partial charge in [-0.25, -0.2) is 9.48 Å². The summed E-state index contributed by atoms with van der Waals surface area (Å²) in [7, 11) is 0. The Labute approximate surface area is 132 Å². The van der Waals surface area contributed by atoms with Crippen LogP contribution in [-0.2, 0) is 0 Å². The van der Waals surface area contributed by atoms with Gasteiger partial charge in [0.1, 0.15) is 5.82 Å².